The van der Waals surface area contributed by atoms with Crippen molar-refractivity contribution in [3.05, 3.63) is 30.1 Å². The minimum atomic E-state index is -0.835. The monoisotopic (exact) mass is 322 g/mol. The highest BCUT2D eigenvalue weighted by atomic mass is 19.1. The highest BCUT2D eigenvalue weighted by Gasteiger charge is 2.39. The third kappa shape index (κ3) is 4.00. The summed E-state index contributed by atoms with van der Waals surface area (Å²) in [6.07, 6.45) is 2.93. The first-order valence-electron chi connectivity index (χ1n) is 8.16. The van der Waals surface area contributed by atoms with Crippen LogP contribution in [-0.2, 0) is 4.79 Å². The molecule has 5 nitrogen and oxygen atoms in total. The lowest BCUT2D eigenvalue weighted by Gasteiger charge is -2.28. The van der Waals surface area contributed by atoms with Gasteiger partial charge in [-0.15, -0.1) is 0 Å². The van der Waals surface area contributed by atoms with Gasteiger partial charge in [0.2, 0.25) is 0 Å². The van der Waals surface area contributed by atoms with Crippen LogP contribution >= 0.6 is 0 Å². The van der Waals surface area contributed by atoms with Crippen molar-refractivity contribution in [2.75, 3.05) is 39.3 Å². The molecule has 23 heavy (non-hydrogen) atoms. The van der Waals surface area contributed by atoms with E-state index in [9.17, 15) is 14.3 Å². The molecule has 0 bridgehead atoms. The molecule has 0 radical (unpaired) electrons. The molecule has 1 atom stereocenters. The average Bonchev–Trinajstić information content (AvgIpc) is 3.16. The summed E-state index contributed by atoms with van der Waals surface area (Å²) in [7, 11) is 0. The quantitative estimate of drug-likeness (QED) is 0.887. The first-order valence-corrected chi connectivity index (χ1v) is 8.16. The number of hydrogen-bond donors (Lipinski definition) is 1. The van der Waals surface area contributed by atoms with E-state index in [1.807, 2.05) is 0 Å². The van der Waals surface area contributed by atoms with Crippen LogP contribution in [0.1, 0.15) is 19.3 Å². The van der Waals surface area contributed by atoms with Crippen LogP contribution in [0.5, 0.6) is 5.75 Å². The van der Waals surface area contributed by atoms with Crippen molar-refractivity contribution in [2.24, 2.45) is 0 Å². The van der Waals surface area contributed by atoms with Crippen molar-refractivity contribution >= 4 is 5.91 Å². The Balaban J connectivity index is 1.50. The number of amides is 1. The van der Waals surface area contributed by atoms with Crippen LogP contribution in [0, 0.1) is 5.82 Å². The maximum atomic E-state index is 13.5. The van der Waals surface area contributed by atoms with Crippen molar-refractivity contribution in [1.82, 2.24) is 9.80 Å². The lowest BCUT2D eigenvalue weighted by molar-refractivity contribution is -0.133. The van der Waals surface area contributed by atoms with Gasteiger partial charge in [-0.2, -0.15) is 0 Å². The van der Waals surface area contributed by atoms with Crippen molar-refractivity contribution in [1.29, 1.82) is 0 Å². The number of hydrogen-bond acceptors (Lipinski definition) is 4. The van der Waals surface area contributed by atoms with E-state index >= 15 is 0 Å². The van der Waals surface area contributed by atoms with E-state index < -0.39 is 11.4 Å². The van der Waals surface area contributed by atoms with E-state index in [0.29, 0.717) is 26.1 Å². The zero-order chi connectivity index (χ0) is 16.3. The van der Waals surface area contributed by atoms with Gasteiger partial charge in [-0.25, -0.2) is 4.39 Å². The van der Waals surface area contributed by atoms with Crippen LogP contribution in [0.4, 0.5) is 4.39 Å². The van der Waals surface area contributed by atoms with Gasteiger partial charge < -0.3 is 19.6 Å². The van der Waals surface area contributed by atoms with Crippen molar-refractivity contribution in [3.63, 3.8) is 0 Å². The summed E-state index contributed by atoms with van der Waals surface area (Å²) >= 11 is 0. The lowest BCUT2D eigenvalue weighted by atomic mass is 10.0. The van der Waals surface area contributed by atoms with Gasteiger partial charge in [0.1, 0.15) is 0 Å². The number of carbonyl (C=O) groups excluding carboxylic acids is 1. The van der Waals surface area contributed by atoms with Gasteiger partial charge in [0.25, 0.3) is 5.91 Å². The molecular formula is C17H23FN2O3. The molecule has 2 aliphatic rings. The van der Waals surface area contributed by atoms with Gasteiger partial charge in [-0.05, 0) is 44.5 Å². The Morgan fingerprint density at radius 2 is 2.00 bits per heavy atom. The second-order valence-electron chi connectivity index (χ2n) is 6.49. The number of ether oxygens (including phenoxy) is 1. The third-order valence-corrected chi connectivity index (χ3v) is 4.59. The van der Waals surface area contributed by atoms with Crippen LogP contribution in [0.3, 0.4) is 0 Å². The number of likely N-dealkylation sites (tertiary alicyclic amines) is 2. The Labute approximate surface area is 135 Å². The molecule has 1 aromatic carbocycles. The molecule has 2 fully saturated rings. The summed E-state index contributed by atoms with van der Waals surface area (Å²) in [5, 5.41) is 10.7. The van der Waals surface area contributed by atoms with Gasteiger partial charge >= 0.3 is 0 Å². The fourth-order valence-electron chi connectivity index (χ4n) is 3.35. The minimum absolute atomic E-state index is 0.0763. The molecule has 1 amide bonds. The highest BCUT2D eigenvalue weighted by Crippen LogP contribution is 2.24. The minimum Gasteiger partial charge on any atom is -0.481 e. The summed E-state index contributed by atoms with van der Waals surface area (Å²) < 4.78 is 18.7. The van der Waals surface area contributed by atoms with Crippen LogP contribution in [0.15, 0.2) is 24.3 Å². The smallest absolute Gasteiger partial charge is 0.260 e. The summed E-state index contributed by atoms with van der Waals surface area (Å²) in [5.41, 5.74) is -0.835. The van der Waals surface area contributed by atoms with Gasteiger partial charge in [0.15, 0.2) is 18.2 Å². The van der Waals surface area contributed by atoms with Gasteiger partial charge in [-0.1, -0.05) is 12.1 Å². The largest absolute Gasteiger partial charge is 0.481 e. The summed E-state index contributed by atoms with van der Waals surface area (Å²) in [4.78, 5) is 16.1. The van der Waals surface area contributed by atoms with Gasteiger partial charge in [0.05, 0.1) is 12.1 Å². The van der Waals surface area contributed by atoms with Crippen molar-refractivity contribution in [3.8, 4) is 5.75 Å². The second-order valence-corrected chi connectivity index (χ2v) is 6.49. The number of carbonyl (C=O) groups is 1. The van der Waals surface area contributed by atoms with E-state index in [1.165, 1.54) is 25.0 Å². The molecule has 6 heteroatoms. The number of nitrogens with zero attached hydrogens (tertiary/aromatic N) is 2. The Morgan fingerprint density at radius 3 is 2.74 bits per heavy atom. The predicted molar refractivity (Wildman–Crippen MR) is 83.7 cm³/mol. The molecule has 0 spiro atoms. The Kier molecular flexibility index (Phi) is 4.82. The SMILES string of the molecule is O=C(COc1ccccc1F)N1CC[C@](O)(CN2CCCC2)C1. The van der Waals surface area contributed by atoms with Gasteiger partial charge in [-0.3, -0.25) is 4.79 Å². The number of benzene rings is 1. The lowest BCUT2D eigenvalue weighted by Crippen LogP contribution is -2.45. The Bertz CT molecular complexity index is 563. The molecule has 0 saturated carbocycles. The zero-order valence-electron chi connectivity index (χ0n) is 13.2. The molecule has 2 saturated heterocycles. The molecule has 2 aliphatic heterocycles. The topological polar surface area (TPSA) is 53.0 Å². The fraction of sp³-hybridized carbons (Fsp3) is 0.588. The second kappa shape index (κ2) is 6.84. The average molecular weight is 322 g/mol. The zero-order valence-corrected chi connectivity index (χ0v) is 13.2. The third-order valence-electron chi connectivity index (χ3n) is 4.59. The molecule has 0 unspecified atom stereocenters. The fourth-order valence-corrected chi connectivity index (χ4v) is 3.35. The molecule has 1 aromatic rings. The van der Waals surface area contributed by atoms with Crippen molar-refractivity contribution in [2.45, 2.75) is 24.9 Å². The molecule has 2 heterocycles. The Morgan fingerprint density at radius 1 is 1.26 bits per heavy atom. The van der Waals surface area contributed by atoms with Crippen molar-refractivity contribution < 1.29 is 19.0 Å². The van der Waals surface area contributed by atoms with Crippen LogP contribution in [-0.4, -0.2) is 65.7 Å². The van der Waals surface area contributed by atoms with E-state index in [-0.39, 0.29) is 18.3 Å². The standard InChI is InChI=1S/C17H23FN2O3/c18-14-5-1-2-6-15(14)23-11-16(21)20-10-7-17(22,13-20)12-19-8-3-4-9-19/h1-2,5-6,22H,3-4,7-13H2/t17-/m0/s1. The number of para-hydroxylation sites is 1. The number of rotatable bonds is 5. The van der Waals surface area contributed by atoms with Crippen LogP contribution < -0.4 is 4.74 Å². The first kappa shape index (κ1) is 16.2. The Hall–Kier alpha value is -1.66. The maximum absolute atomic E-state index is 13.5. The highest BCUT2D eigenvalue weighted by molar-refractivity contribution is 5.78. The molecular weight excluding hydrogens is 299 g/mol. The molecule has 3 rings (SSSR count). The van der Waals surface area contributed by atoms with Crippen LogP contribution in [0.25, 0.3) is 0 Å². The molecule has 0 aromatic heterocycles. The summed E-state index contributed by atoms with van der Waals surface area (Å²) in [6, 6.07) is 6.03. The number of halogens is 1. The predicted octanol–water partition coefficient (Wildman–Crippen LogP) is 1.26. The molecule has 126 valence electrons. The van der Waals surface area contributed by atoms with Crippen LogP contribution in [0.2, 0.25) is 0 Å². The van der Waals surface area contributed by atoms with E-state index in [2.05, 4.69) is 4.90 Å². The number of β-amino-alcohol motifs (C(OH)–C–C–N with tert-alkyl or cyclic N) is 1. The maximum Gasteiger partial charge on any atom is 0.260 e. The summed E-state index contributed by atoms with van der Waals surface area (Å²) in [5.74, 6) is -0.620. The first-order chi connectivity index (χ1) is 11.1. The van der Waals surface area contributed by atoms with E-state index in [1.54, 1.807) is 17.0 Å². The molecule has 1 N–H and O–H groups in total. The van der Waals surface area contributed by atoms with Gasteiger partial charge in [0, 0.05) is 13.1 Å². The van der Waals surface area contributed by atoms with E-state index in [0.717, 1.165) is 13.1 Å². The number of aliphatic hydroxyl groups is 1. The normalized spacial score (nSPS) is 25.0. The van der Waals surface area contributed by atoms with E-state index in [4.69, 9.17) is 4.74 Å². The summed E-state index contributed by atoms with van der Waals surface area (Å²) in [6.45, 7) is 3.29. The molecule has 0 aliphatic carbocycles.